The van der Waals surface area contributed by atoms with Gasteiger partial charge in [-0.2, -0.15) is 0 Å². The average Bonchev–Trinajstić information content (AvgIpc) is 2.89. The van der Waals surface area contributed by atoms with Crippen molar-refractivity contribution in [1.82, 2.24) is 0 Å². The van der Waals surface area contributed by atoms with E-state index in [0.717, 1.165) is 5.57 Å². The molecule has 0 saturated carbocycles. The second-order valence-corrected chi connectivity index (χ2v) is 4.86. The van der Waals surface area contributed by atoms with Crippen LogP contribution in [0.15, 0.2) is 21.4 Å². The average molecular weight is 250 g/mol. The summed E-state index contributed by atoms with van der Waals surface area (Å²) in [5.74, 6) is 1.07. The quantitative estimate of drug-likeness (QED) is 0.773. The lowest BCUT2D eigenvalue weighted by molar-refractivity contribution is 0.349. The molecule has 1 aromatic heterocycles. The molecule has 0 unspecified atom stereocenters. The van der Waals surface area contributed by atoms with Crippen molar-refractivity contribution in [1.29, 1.82) is 0 Å². The third kappa shape index (κ3) is 2.20. The Morgan fingerprint density at radius 1 is 1.56 bits per heavy atom. The molecule has 2 atom stereocenters. The summed E-state index contributed by atoms with van der Waals surface area (Å²) in [4.78, 5) is 11.7. The molecule has 4 heteroatoms. The van der Waals surface area contributed by atoms with Crippen molar-refractivity contribution in [2.75, 3.05) is 7.11 Å². The maximum absolute atomic E-state index is 11.7. The van der Waals surface area contributed by atoms with Crippen LogP contribution < -0.4 is 10.4 Å². The second kappa shape index (κ2) is 4.28. The van der Waals surface area contributed by atoms with Crippen LogP contribution in [0.4, 0.5) is 0 Å². The van der Waals surface area contributed by atoms with Crippen molar-refractivity contribution in [3.63, 3.8) is 0 Å². The molecule has 1 aliphatic rings. The molecule has 98 valence electrons. The molecule has 2 rings (SSSR count). The van der Waals surface area contributed by atoms with E-state index < -0.39 is 0 Å². The monoisotopic (exact) mass is 250 g/mol. The highest BCUT2D eigenvalue weighted by Gasteiger charge is 2.46. The van der Waals surface area contributed by atoms with Gasteiger partial charge in [-0.25, -0.2) is 4.79 Å². The molecule has 0 radical (unpaired) electrons. The van der Waals surface area contributed by atoms with E-state index in [9.17, 15) is 4.79 Å². The molecule has 1 aromatic rings. The van der Waals surface area contributed by atoms with Crippen LogP contribution in [-0.4, -0.2) is 18.8 Å². The van der Waals surface area contributed by atoms with E-state index >= 15 is 0 Å². The third-order valence-corrected chi connectivity index (χ3v) is 3.43. The lowest BCUT2D eigenvalue weighted by atomic mass is 10.0. The van der Waals surface area contributed by atoms with E-state index in [-0.39, 0.29) is 17.3 Å². The van der Waals surface area contributed by atoms with Gasteiger partial charge in [0.2, 0.25) is 0 Å². The summed E-state index contributed by atoms with van der Waals surface area (Å²) in [7, 11) is 1.54. The standard InChI is InChI=1S/C14H18O4/c1-8(7-14(4)10(3)18-14)11-6-12(16-5)9(2)13(15)17-11/h6-7,10H,1-5H3/b8-7-/t10-,14+/m1/s1. The summed E-state index contributed by atoms with van der Waals surface area (Å²) in [5.41, 5.74) is 0.737. The first-order valence-electron chi connectivity index (χ1n) is 5.94. The Bertz CT molecular complexity index is 555. The first-order chi connectivity index (χ1) is 8.37. The Kier molecular flexibility index (Phi) is 3.07. The molecule has 2 heterocycles. The molecule has 1 saturated heterocycles. The predicted molar refractivity (Wildman–Crippen MR) is 68.9 cm³/mol. The normalized spacial score (nSPS) is 27.2. The number of epoxide rings is 1. The van der Waals surface area contributed by atoms with Gasteiger partial charge in [0.1, 0.15) is 17.1 Å². The molecule has 0 bridgehead atoms. The number of rotatable bonds is 3. The number of ether oxygens (including phenoxy) is 2. The maximum Gasteiger partial charge on any atom is 0.342 e. The van der Waals surface area contributed by atoms with Gasteiger partial charge in [0.05, 0.1) is 18.8 Å². The molecular formula is C14H18O4. The van der Waals surface area contributed by atoms with Crippen LogP contribution in [0.2, 0.25) is 0 Å². The third-order valence-electron chi connectivity index (χ3n) is 3.43. The molecular weight excluding hydrogens is 232 g/mol. The van der Waals surface area contributed by atoms with Crippen LogP contribution in [0.5, 0.6) is 5.75 Å². The summed E-state index contributed by atoms with van der Waals surface area (Å²) >= 11 is 0. The van der Waals surface area contributed by atoms with Crippen LogP contribution in [0, 0.1) is 6.92 Å². The van der Waals surface area contributed by atoms with E-state index in [1.807, 2.05) is 26.8 Å². The van der Waals surface area contributed by atoms with Gasteiger partial charge in [-0.15, -0.1) is 0 Å². The summed E-state index contributed by atoms with van der Waals surface area (Å²) < 4.78 is 15.9. The highest BCUT2D eigenvalue weighted by atomic mass is 16.6. The van der Waals surface area contributed by atoms with Gasteiger partial charge in [0, 0.05) is 6.07 Å². The van der Waals surface area contributed by atoms with Gasteiger partial charge in [-0.3, -0.25) is 0 Å². The minimum Gasteiger partial charge on any atom is -0.496 e. The van der Waals surface area contributed by atoms with E-state index in [4.69, 9.17) is 13.9 Å². The van der Waals surface area contributed by atoms with Gasteiger partial charge < -0.3 is 13.9 Å². The van der Waals surface area contributed by atoms with Crippen molar-refractivity contribution in [3.05, 3.63) is 33.9 Å². The molecule has 0 N–H and O–H groups in total. The molecule has 0 spiro atoms. The highest BCUT2D eigenvalue weighted by molar-refractivity contribution is 5.62. The van der Waals surface area contributed by atoms with Gasteiger partial charge in [-0.05, 0) is 39.3 Å². The highest BCUT2D eigenvalue weighted by Crippen LogP contribution is 2.39. The zero-order chi connectivity index (χ0) is 13.5. The van der Waals surface area contributed by atoms with Gasteiger partial charge in [0.25, 0.3) is 0 Å². The second-order valence-electron chi connectivity index (χ2n) is 4.86. The maximum atomic E-state index is 11.7. The van der Waals surface area contributed by atoms with Gasteiger partial charge >= 0.3 is 5.63 Å². The number of methoxy groups -OCH3 is 1. The van der Waals surface area contributed by atoms with Crippen molar-refractivity contribution < 1.29 is 13.9 Å². The SMILES string of the molecule is COc1cc(/C(C)=C\[C@]2(C)O[C@@H]2C)oc(=O)c1C. The molecule has 0 aromatic carbocycles. The number of hydrogen-bond donors (Lipinski definition) is 0. The Balaban J connectivity index is 2.40. The lowest BCUT2D eigenvalue weighted by Crippen LogP contribution is -2.08. The van der Waals surface area contributed by atoms with E-state index in [2.05, 4.69) is 0 Å². The van der Waals surface area contributed by atoms with Crippen molar-refractivity contribution in [2.45, 2.75) is 39.4 Å². The van der Waals surface area contributed by atoms with Crippen LogP contribution in [0.25, 0.3) is 5.57 Å². The van der Waals surface area contributed by atoms with E-state index in [0.29, 0.717) is 17.1 Å². The Labute approximate surface area is 106 Å². The largest absolute Gasteiger partial charge is 0.496 e. The molecule has 0 aliphatic carbocycles. The molecule has 4 nitrogen and oxygen atoms in total. The van der Waals surface area contributed by atoms with E-state index in [1.54, 1.807) is 13.0 Å². The number of hydrogen-bond acceptors (Lipinski definition) is 4. The molecule has 18 heavy (non-hydrogen) atoms. The fourth-order valence-corrected chi connectivity index (χ4v) is 1.94. The lowest BCUT2D eigenvalue weighted by Gasteiger charge is -2.07. The van der Waals surface area contributed by atoms with Gasteiger partial charge in [0.15, 0.2) is 0 Å². The summed E-state index contributed by atoms with van der Waals surface area (Å²) in [5, 5.41) is 0. The van der Waals surface area contributed by atoms with Crippen LogP contribution in [0.3, 0.4) is 0 Å². The van der Waals surface area contributed by atoms with Crippen molar-refractivity contribution >= 4 is 5.57 Å². The summed E-state index contributed by atoms with van der Waals surface area (Å²) in [6, 6.07) is 1.74. The minimum absolute atomic E-state index is 0.200. The van der Waals surface area contributed by atoms with Crippen LogP contribution >= 0.6 is 0 Å². The fraction of sp³-hybridized carbons (Fsp3) is 0.500. The Morgan fingerprint density at radius 2 is 2.17 bits per heavy atom. The number of allylic oxidation sites excluding steroid dienone is 1. The van der Waals surface area contributed by atoms with Crippen LogP contribution in [0.1, 0.15) is 32.1 Å². The Morgan fingerprint density at radius 3 is 2.67 bits per heavy atom. The summed E-state index contributed by atoms with van der Waals surface area (Å²) in [6.45, 7) is 7.59. The zero-order valence-electron chi connectivity index (χ0n) is 11.4. The zero-order valence-corrected chi connectivity index (χ0v) is 11.4. The van der Waals surface area contributed by atoms with Crippen molar-refractivity contribution in [3.8, 4) is 5.75 Å². The molecule has 1 aliphatic heterocycles. The van der Waals surface area contributed by atoms with E-state index in [1.165, 1.54) is 7.11 Å². The predicted octanol–water partition coefficient (Wildman–Crippen LogP) is 2.54. The minimum atomic E-state index is -0.369. The first kappa shape index (κ1) is 12.9. The van der Waals surface area contributed by atoms with Gasteiger partial charge in [-0.1, -0.05) is 0 Å². The smallest absolute Gasteiger partial charge is 0.342 e. The Hall–Kier alpha value is -1.55. The van der Waals surface area contributed by atoms with Crippen LogP contribution in [-0.2, 0) is 4.74 Å². The topological polar surface area (TPSA) is 52.0 Å². The first-order valence-corrected chi connectivity index (χ1v) is 5.94. The summed E-state index contributed by atoms with van der Waals surface area (Å²) in [6.07, 6.45) is 2.18. The fourth-order valence-electron chi connectivity index (χ4n) is 1.94. The van der Waals surface area contributed by atoms with Crippen molar-refractivity contribution in [2.24, 2.45) is 0 Å². The molecule has 1 fully saturated rings. The molecule has 0 amide bonds.